The number of nitrogens with one attached hydrogen (secondary N) is 2. The highest BCUT2D eigenvalue weighted by Crippen LogP contribution is 2.26. The number of nitrogens with zero attached hydrogens (tertiary/aromatic N) is 1. The molecule has 0 aliphatic carbocycles. The minimum atomic E-state index is -0.253. The molecule has 6 nitrogen and oxygen atoms in total. The van der Waals surface area contributed by atoms with Gasteiger partial charge in [0.2, 0.25) is 0 Å². The lowest BCUT2D eigenvalue weighted by Crippen LogP contribution is -2.24. The molecule has 0 fully saturated rings. The molecule has 2 aromatic heterocycles. The maximum Gasteiger partial charge on any atom is 0.255 e. The van der Waals surface area contributed by atoms with Gasteiger partial charge in [0.15, 0.2) is 0 Å². The minimum absolute atomic E-state index is 0.00119. The Morgan fingerprint density at radius 3 is 2.82 bits per heavy atom. The topological polar surface area (TPSA) is 91.2 Å². The Bertz CT molecular complexity index is 1080. The highest BCUT2D eigenvalue weighted by molar-refractivity contribution is 5.96. The number of carbonyl (C=O) groups is 1. The number of fused-ring (bicyclic) bond motifs is 1. The highest BCUT2D eigenvalue weighted by Gasteiger charge is 2.10. The van der Waals surface area contributed by atoms with Gasteiger partial charge in [0.1, 0.15) is 5.75 Å². The first kappa shape index (κ1) is 17.9. The molecule has 0 spiro atoms. The Labute approximate surface area is 162 Å². The van der Waals surface area contributed by atoms with Gasteiger partial charge in [-0.05, 0) is 49.1 Å². The fourth-order valence-electron chi connectivity index (χ4n) is 3.26. The van der Waals surface area contributed by atoms with Crippen LogP contribution in [0, 0.1) is 0 Å². The number of furan rings is 1. The maximum absolute atomic E-state index is 12.1. The van der Waals surface area contributed by atoms with E-state index in [2.05, 4.69) is 27.6 Å². The summed E-state index contributed by atoms with van der Waals surface area (Å²) < 4.78 is 5.14. The molecule has 0 atom stereocenters. The van der Waals surface area contributed by atoms with Crippen LogP contribution in [0.4, 0.5) is 0 Å². The molecule has 0 aliphatic heterocycles. The molecule has 3 N–H and O–H groups in total. The number of aromatic amines is 1. The second-order valence-electron chi connectivity index (χ2n) is 6.68. The van der Waals surface area contributed by atoms with Crippen molar-refractivity contribution in [2.24, 2.45) is 0 Å². The van der Waals surface area contributed by atoms with Crippen LogP contribution in [-0.2, 0) is 6.42 Å². The zero-order chi connectivity index (χ0) is 19.3. The van der Waals surface area contributed by atoms with E-state index in [4.69, 9.17) is 4.42 Å². The third-order valence-corrected chi connectivity index (χ3v) is 4.78. The molecule has 4 rings (SSSR count). The van der Waals surface area contributed by atoms with E-state index in [1.807, 2.05) is 12.1 Å². The predicted molar refractivity (Wildman–Crippen MR) is 107 cm³/mol. The number of aromatic hydroxyl groups is 1. The largest absolute Gasteiger partial charge is 0.507 e. The number of benzene rings is 2. The molecule has 142 valence electrons. The standard InChI is InChI=1S/C22H21N3O3/c26-21-7-2-1-5-18(21)22(27)23-11-4-3-6-19-17-9-8-15(13-20(17)25-24-19)16-10-12-28-14-16/h1-2,5,7-10,12-14,26H,3-4,6,11H2,(H,23,27)(H,24,25). The van der Waals surface area contributed by atoms with Gasteiger partial charge in [-0.25, -0.2) is 0 Å². The van der Waals surface area contributed by atoms with E-state index in [9.17, 15) is 9.90 Å². The van der Waals surface area contributed by atoms with Crippen LogP contribution in [-0.4, -0.2) is 27.8 Å². The van der Waals surface area contributed by atoms with Gasteiger partial charge in [-0.1, -0.05) is 24.3 Å². The summed E-state index contributed by atoms with van der Waals surface area (Å²) in [6.45, 7) is 0.559. The summed E-state index contributed by atoms with van der Waals surface area (Å²) in [7, 11) is 0. The summed E-state index contributed by atoms with van der Waals surface area (Å²) in [6.07, 6.45) is 5.99. The summed E-state index contributed by atoms with van der Waals surface area (Å²) in [5.41, 5.74) is 4.44. The normalized spacial score (nSPS) is 11.0. The van der Waals surface area contributed by atoms with Crippen LogP contribution in [0.1, 0.15) is 28.9 Å². The second kappa shape index (κ2) is 8.00. The summed E-state index contributed by atoms with van der Waals surface area (Å²) in [5.74, 6) is -0.254. The van der Waals surface area contributed by atoms with Gasteiger partial charge in [0.05, 0.1) is 23.6 Å². The molecule has 0 aliphatic rings. The molecule has 2 aromatic carbocycles. The first-order chi connectivity index (χ1) is 13.7. The first-order valence-corrected chi connectivity index (χ1v) is 9.28. The Balaban J connectivity index is 1.30. The fourth-order valence-corrected chi connectivity index (χ4v) is 3.26. The van der Waals surface area contributed by atoms with E-state index in [0.29, 0.717) is 12.1 Å². The van der Waals surface area contributed by atoms with Crippen LogP contribution in [0.2, 0.25) is 0 Å². The minimum Gasteiger partial charge on any atom is -0.507 e. The Morgan fingerprint density at radius 1 is 1.11 bits per heavy atom. The van der Waals surface area contributed by atoms with E-state index in [1.165, 1.54) is 6.07 Å². The molecular weight excluding hydrogens is 354 g/mol. The van der Waals surface area contributed by atoms with Crippen molar-refractivity contribution in [3.63, 3.8) is 0 Å². The van der Waals surface area contributed by atoms with Crippen molar-refractivity contribution >= 4 is 16.8 Å². The van der Waals surface area contributed by atoms with Crippen molar-refractivity contribution in [2.75, 3.05) is 6.54 Å². The molecule has 0 bridgehead atoms. The van der Waals surface area contributed by atoms with E-state index < -0.39 is 0 Å². The number of hydrogen-bond acceptors (Lipinski definition) is 4. The highest BCUT2D eigenvalue weighted by atomic mass is 16.3. The monoisotopic (exact) mass is 375 g/mol. The number of phenolic OH excluding ortho intramolecular Hbond substituents is 1. The van der Waals surface area contributed by atoms with Gasteiger partial charge in [-0.15, -0.1) is 0 Å². The first-order valence-electron chi connectivity index (χ1n) is 9.28. The predicted octanol–water partition coefficient (Wildman–Crippen LogP) is 4.28. The number of unbranched alkanes of at least 4 members (excludes halogenated alkanes) is 1. The molecule has 0 saturated carbocycles. The smallest absolute Gasteiger partial charge is 0.255 e. The number of rotatable bonds is 7. The van der Waals surface area contributed by atoms with Crippen molar-refractivity contribution in [1.29, 1.82) is 0 Å². The second-order valence-corrected chi connectivity index (χ2v) is 6.68. The van der Waals surface area contributed by atoms with Gasteiger partial charge >= 0.3 is 0 Å². The lowest BCUT2D eigenvalue weighted by molar-refractivity contribution is 0.0950. The van der Waals surface area contributed by atoms with E-state index in [1.54, 1.807) is 30.7 Å². The van der Waals surface area contributed by atoms with Gasteiger partial charge in [0.25, 0.3) is 5.91 Å². The van der Waals surface area contributed by atoms with Gasteiger partial charge in [-0.2, -0.15) is 5.10 Å². The number of carbonyl (C=O) groups excluding carboxylic acids is 1. The lowest BCUT2D eigenvalue weighted by Gasteiger charge is -2.06. The van der Waals surface area contributed by atoms with Crippen molar-refractivity contribution in [2.45, 2.75) is 19.3 Å². The zero-order valence-corrected chi connectivity index (χ0v) is 15.3. The third-order valence-electron chi connectivity index (χ3n) is 4.78. The number of para-hydroxylation sites is 1. The Kier molecular flexibility index (Phi) is 5.10. The van der Waals surface area contributed by atoms with Gasteiger partial charge in [-0.3, -0.25) is 9.89 Å². The van der Waals surface area contributed by atoms with E-state index in [0.717, 1.165) is 47.0 Å². The summed E-state index contributed by atoms with van der Waals surface area (Å²) in [5, 5.41) is 21.2. The summed E-state index contributed by atoms with van der Waals surface area (Å²) in [6, 6.07) is 14.7. The van der Waals surface area contributed by atoms with Crippen molar-refractivity contribution in [3.05, 3.63) is 72.3 Å². The van der Waals surface area contributed by atoms with Crippen LogP contribution in [0.15, 0.2) is 65.5 Å². The Hall–Kier alpha value is -3.54. The number of amides is 1. The SMILES string of the molecule is O=C(NCCCCc1[nH]nc2cc(-c3ccoc3)ccc12)c1ccccc1O. The van der Waals surface area contributed by atoms with Gasteiger partial charge < -0.3 is 14.8 Å². The number of phenols is 1. The molecule has 0 saturated heterocycles. The van der Waals surface area contributed by atoms with Crippen LogP contribution >= 0.6 is 0 Å². The number of hydrogen-bond donors (Lipinski definition) is 3. The number of H-pyrrole nitrogens is 1. The number of aryl methyl sites for hydroxylation is 1. The molecule has 4 aromatic rings. The van der Waals surface area contributed by atoms with Crippen LogP contribution in [0.5, 0.6) is 5.75 Å². The molecule has 0 radical (unpaired) electrons. The molecule has 1 amide bonds. The average molecular weight is 375 g/mol. The molecule has 6 heteroatoms. The van der Waals surface area contributed by atoms with Crippen molar-refractivity contribution < 1.29 is 14.3 Å². The Morgan fingerprint density at radius 2 is 2.00 bits per heavy atom. The molecule has 28 heavy (non-hydrogen) atoms. The fraction of sp³-hybridized carbons (Fsp3) is 0.182. The quantitative estimate of drug-likeness (QED) is 0.421. The summed E-state index contributed by atoms with van der Waals surface area (Å²) in [4.78, 5) is 12.1. The zero-order valence-electron chi connectivity index (χ0n) is 15.3. The van der Waals surface area contributed by atoms with Crippen LogP contribution in [0.25, 0.3) is 22.0 Å². The molecule has 0 unspecified atom stereocenters. The van der Waals surface area contributed by atoms with Crippen LogP contribution in [0.3, 0.4) is 0 Å². The van der Waals surface area contributed by atoms with Crippen LogP contribution < -0.4 is 5.32 Å². The third kappa shape index (κ3) is 3.76. The van der Waals surface area contributed by atoms with Gasteiger partial charge in [0, 0.05) is 23.2 Å². The molecule has 2 heterocycles. The lowest BCUT2D eigenvalue weighted by atomic mass is 10.0. The average Bonchev–Trinajstić information content (AvgIpc) is 3.38. The number of aromatic nitrogens is 2. The molecular formula is C22H21N3O3. The maximum atomic E-state index is 12.1. The summed E-state index contributed by atoms with van der Waals surface area (Å²) >= 11 is 0. The van der Waals surface area contributed by atoms with E-state index >= 15 is 0 Å². The van der Waals surface area contributed by atoms with E-state index in [-0.39, 0.29) is 11.7 Å². The van der Waals surface area contributed by atoms with Crippen molar-refractivity contribution in [3.8, 4) is 16.9 Å². The van der Waals surface area contributed by atoms with Crippen molar-refractivity contribution in [1.82, 2.24) is 15.5 Å².